The Bertz CT molecular complexity index is 767. The number of ketones is 1. The van der Waals surface area contributed by atoms with Gasteiger partial charge in [-0.25, -0.2) is 0 Å². The van der Waals surface area contributed by atoms with E-state index in [1.165, 1.54) is 16.2 Å². The van der Waals surface area contributed by atoms with Crippen molar-refractivity contribution in [2.45, 2.75) is 13.3 Å². The first-order chi connectivity index (χ1) is 9.71. The fourth-order valence-corrected chi connectivity index (χ4v) is 2.95. The number of furan rings is 1. The summed E-state index contributed by atoms with van der Waals surface area (Å²) in [5.74, 6) is 1.03. The lowest BCUT2D eigenvalue weighted by molar-refractivity contribution is 0.101. The van der Waals surface area contributed by atoms with Gasteiger partial charge in [-0.15, -0.1) is 11.3 Å². The van der Waals surface area contributed by atoms with Gasteiger partial charge in [-0.1, -0.05) is 6.92 Å². The van der Waals surface area contributed by atoms with Crippen molar-refractivity contribution < 1.29 is 13.9 Å². The van der Waals surface area contributed by atoms with Gasteiger partial charge in [-0.2, -0.15) is 0 Å². The molecule has 3 aromatic rings. The van der Waals surface area contributed by atoms with E-state index in [0.717, 1.165) is 17.6 Å². The summed E-state index contributed by atoms with van der Waals surface area (Å²) in [6, 6.07) is 11.2. The molecule has 3 nitrogen and oxygen atoms in total. The van der Waals surface area contributed by atoms with Gasteiger partial charge in [0.1, 0.15) is 11.3 Å². The molecule has 102 valence electrons. The Balaban J connectivity index is 1.98. The zero-order valence-corrected chi connectivity index (χ0v) is 12.1. The summed E-state index contributed by atoms with van der Waals surface area (Å²) in [5.41, 5.74) is 0.667. The normalized spacial score (nSPS) is 10.9. The number of hydrogen-bond acceptors (Lipinski definition) is 4. The maximum absolute atomic E-state index is 12.4. The Labute approximate surface area is 120 Å². The zero-order chi connectivity index (χ0) is 14.1. The molecule has 0 saturated heterocycles. The van der Waals surface area contributed by atoms with E-state index in [9.17, 15) is 4.79 Å². The van der Waals surface area contributed by atoms with Crippen molar-refractivity contribution >= 4 is 28.1 Å². The molecule has 0 amide bonds. The van der Waals surface area contributed by atoms with Crippen molar-refractivity contribution in [1.29, 1.82) is 0 Å². The molecule has 0 fully saturated rings. The number of carbonyl (C=O) groups excluding carboxylic acids is 1. The molecule has 2 heterocycles. The van der Waals surface area contributed by atoms with Crippen molar-refractivity contribution in [3.8, 4) is 5.75 Å². The molecule has 0 spiro atoms. The molecule has 0 aliphatic carbocycles. The van der Waals surface area contributed by atoms with Crippen LogP contribution in [-0.4, -0.2) is 12.9 Å². The van der Waals surface area contributed by atoms with Crippen LogP contribution in [0.2, 0.25) is 0 Å². The van der Waals surface area contributed by atoms with E-state index < -0.39 is 0 Å². The van der Waals surface area contributed by atoms with Crippen LogP contribution >= 0.6 is 11.3 Å². The third-order valence-electron chi connectivity index (χ3n) is 3.18. The smallest absolute Gasteiger partial charge is 0.238 e. The van der Waals surface area contributed by atoms with Crippen LogP contribution in [0.5, 0.6) is 5.75 Å². The molecule has 2 aromatic heterocycles. The topological polar surface area (TPSA) is 39.4 Å². The van der Waals surface area contributed by atoms with Crippen LogP contribution in [0.25, 0.3) is 11.0 Å². The molecular weight excluding hydrogens is 272 g/mol. The summed E-state index contributed by atoms with van der Waals surface area (Å²) >= 11 is 1.52. The SMILES string of the molecule is CCc1ccc(C(=O)c2cc3ccc(OC)cc3o2)s1. The second kappa shape index (κ2) is 5.13. The number of fused-ring (bicyclic) bond motifs is 1. The lowest BCUT2D eigenvalue weighted by Gasteiger charge is -1.96. The van der Waals surface area contributed by atoms with E-state index in [0.29, 0.717) is 16.2 Å². The molecule has 3 rings (SSSR count). The van der Waals surface area contributed by atoms with Crippen molar-refractivity contribution in [1.82, 2.24) is 0 Å². The maximum atomic E-state index is 12.4. The highest BCUT2D eigenvalue weighted by Crippen LogP contribution is 2.27. The molecule has 0 unspecified atom stereocenters. The number of aryl methyl sites for hydroxylation is 1. The van der Waals surface area contributed by atoms with Gasteiger partial charge in [0.15, 0.2) is 5.76 Å². The molecule has 0 atom stereocenters. The Hall–Kier alpha value is -2.07. The second-order valence-electron chi connectivity index (χ2n) is 4.46. The lowest BCUT2D eigenvalue weighted by Crippen LogP contribution is -1.95. The summed E-state index contributed by atoms with van der Waals surface area (Å²) in [6.45, 7) is 2.08. The minimum absolute atomic E-state index is 0.0649. The Morgan fingerprint density at radius 3 is 2.80 bits per heavy atom. The number of rotatable bonds is 4. The molecule has 0 radical (unpaired) electrons. The van der Waals surface area contributed by atoms with Crippen LogP contribution < -0.4 is 4.74 Å². The summed E-state index contributed by atoms with van der Waals surface area (Å²) in [4.78, 5) is 14.3. The number of methoxy groups -OCH3 is 1. The monoisotopic (exact) mass is 286 g/mol. The summed E-state index contributed by atoms with van der Waals surface area (Å²) in [6.07, 6.45) is 0.940. The Kier molecular flexibility index (Phi) is 3.32. The van der Waals surface area contributed by atoms with Gasteiger partial charge in [0.2, 0.25) is 5.78 Å². The number of benzene rings is 1. The average Bonchev–Trinajstić information content (AvgIpc) is 3.11. The van der Waals surface area contributed by atoms with Gasteiger partial charge in [-0.05, 0) is 36.8 Å². The predicted molar refractivity (Wildman–Crippen MR) is 79.9 cm³/mol. The van der Waals surface area contributed by atoms with E-state index in [2.05, 4.69) is 6.92 Å². The molecule has 0 N–H and O–H groups in total. The first-order valence-corrected chi connectivity index (χ1v) is 7.24. The van der Waals surface area contributed by atoms with E-state index in [4.69, 9.17) is 9.15 Å². The first-order valence-electron chi connectivity index (χ1n) is 6.42. The van der Waals surface area contributed by atoms with Crippen molar-refractivity contribution in [3.63, 3.8) is 0 Å². The van der Waals surface area contributed by atoms with Gasteiger partial charge < -0.3 is 9.15 Å². The van der Waals surface area contributed by atoms with Crippen LogP contribution in [0.4, 0.5) is 0 Å². The number of hydrogen-bond donors (Lipinski definition) is 0. The maximum Gasteiger partial charge on any atom is 0.238 e. The molecule has 0 saturated carbocycles. The Morgan fingerprint density at radius 1 is 1.25 bits per heavy atom. The summed E-state index contributed by atoms with van der Waals surface area (Å²) in [5, 5.41) is 0.904. The van der Waals surface area contributed by atoms with Crippen LogP contribution in [0.15, 0.2) is 40.8 Å². The van der Waals surface area contributed by atoms with Crippen LogP contribution in [-0.2, 0) is 6.42 Å². The van der Waals surface area contributed by atoms with Crippen molar-refractivity contribution in [2.75, 3.05) is 7.11 Å². The van der Waals surface area contributed by atoms with Gasteiger partial charge >= 0.3 is 0 Å². The predicted octanol–water partition coefficient (Wildman–Crippen LogP) is 4.30. The largest absolute Gasteiger partial charge is 0.497 e. The highest BCUT2D eigenvalue weighted by Gasteiger charge is 2.16. The van der Waals surface area contributed by atoms with E-state index in [1.54, 1.807) is 19.2 Å². The van der Waals surface area contributed by atoms with E-state index in [-0.39, 0.29) is 5.78 Å². The highest BCUT2D eigenvalue weighted by atomic mass is 32.1. The standard InChI is InChI=1S/C16H14O3S/c1-3-12-6-7-15(20-12)16(17)14-8-10-4-5-11(18-2)9-13(10)19-14/h4-9H,3H2,1-2H3. The third-order valence-corrected chi connectivity index (χ3v) is 4.41. The van der Waals surface area contributed by atoms with Gasteiger partial charge in [0.05, 0.1) is 12.0 Å². The van der Waals surface area contributed by atoms with E-state index >= 15 is 0 Å². The number of carbonyl (C=O) groups is 1. The quantitative estimate of drug-likeness (QED) is 0.671. The summed E-state index contributed by atoms with van der Waals surface area (Å²) in [7, 11) is 1.61. The molecule has 4 heteroatoms. The zero-order valence-electron chi connectivity index (χ0n) is 11.3. The van der Waals surface area contributed by atoms with Crippen molar-refractivity contribution in [3.05, 3.63) is 51.9 Å². The second-order valence-corrected chi connectivity index (χ2v) is 5.63. The molecule has 1 aromatic carbocycles. The van der Waals surface area contributed by atoms with Gasteiger partial charge in [0, 0.05) is 16.3 Å². The summed E-state index contributed by atoms with van der Waals surface area (Å²) < 4.78 is 10.8. The lowest BCUT2D eigenvalue weighted by atomic mass is 10.2. The number of thiophene rings is 1. The minimum atomic E-state index is -0.0649. The molecular formula is C16H14O3S. The molecule has 0 bridgehead atoms. The van der Waals surface area contributed by atoms with Crippen LogP contribution in [0.3, 0.4) is 0 Å². The number of ether oxygens (including phenoxy) is 1. The molecule has 0 aliphatic rings. The average molecular weight is 286 g/mol. The van der Waals surface area contributed by atoms with Crippen LogP contribution in [0, 0.1) is 0 Å². The van der Waals surface area contributed by atoms with Crippen molar-refractivity contribution in [2.24, 2.45) is 0 Å². The van der Waals surface area contributed by atoms with Gasteiger partial charge in [-0.3, -0.25) is 4.79 Å². The first kappa shape index (κ1) is 12.9. The Morgan fingerprint density at radius 2 is 2.10 bits per heavy atom. The van der Waals surface area contributed by atoms with E-state index in [1.807, 2.05) is 24.3 Å². The van der Waals surface area contributed by atoms with Gasteiger partial charge in [0.25, 0.3) is 0 Å². The molecule has 20 heavy (non-hydrogen) atoms. The minimum Gasteiger partial charge on any atom is -0.497 e. The molecule has 0 aliphatic heterocycles. The fraction of sp³-hybridized carbons (Fsp3) is 0.188. The third kappa shape index (κ3) is 2.23. The van der Waals surface area contributed by atoms with Crippen LogP contribution in [0.1, 0.15) is 27.2 Å². The highest BCUT2D eigenvalue weighted by molar-refractivity contribution is 7.14. The fourth-order valence-electron chi connectivity index (χ4n) is 2.06.